The van der Waals surface area contributed by atoms with E-state index in [1.165, 1.54) is 11.3 Å². The number of benzene rings is 2. The Morgan fingerprint density at radius 1 is 0.974 bits per heavy atom. The molecule has 2 N–H and O–H groups in total. The molecule has 38 heavy (non-hydrogen) atoms. The van der Waals surface area contributed by atoms with Crippen LogP contribution in [-0.2, 0) is 0 Å². The molecule has 8 nitrogen and oxygen atoms in total. The van der Waals surface area contributed by atoms with Crippen LogP contribution >= 0.6 is 11.3 Å². The molecule has 0 spiro atoms. The molecule has 1 saturated carbocycles. The van der Waals surface area contributed by atoms with Gasteiger partial charge in [-0.3, -0.25) is 14.2 Å². The average molecular weight is 525 g/mol. The second-order valence-corrected chi connectivity index (χ2v) is 11.3. The Balaban J connectivity index is 1.35. The molecule has 1 aliphatic heterocycles. The zero-order valence-electron chi connectivity index (χ0n) is 21.1. The summed E-state index contributed by atoms with van der Waals surface area (Å²) in [7, 11) is 2.06. The third-order valence-corrected chi connectivity index (χ3v) is 8.41. The van der Waals surface area contributed by atoms with E-state index < -0.39 is 0 Å². The van der Waals surface area contributed by atoms with Crippen LogP contribution in [0.2, 0.25) is 0 Å². The maximum Gasteiger partial charge on any atom is 0.298 e. The molecule has 3 aromatic heterocycles. The van der Waals surface area contributed by atoms with E-state index in [9.17, 15) is 9.59 Å². The van der Waals surface area contributed by atoms with Gasteiger partial charge in [0.05, 0.1) is 21.6 Å². The first kappa shape index (κ1) is 23.2. The van der Waals surface area contributed by atoms with E-state index in [4.69, 9.17) is 0 Å². The smallest absolute Gasteiger partial charge is 0.298 e. The molecule has 1 amide bonds. The summed E-state index contributed by atoms with van der Waals surface area (Å²) in [6.07, 6.45) is 5.04. The normalized spacial score (nSPS) is 17.9. The molecule has 9 heteroatoms. The van der Waals surface area contributed by atoms with Crippen LogP contribution in [0.15, 0.2) is 71.7 Å². The molecular formula is C29H28N6O2S. The molecule has 192 valence electrons. The first-order chi connectivity index (χ1) is 18.5. The van der Waals surface area contributed by atoms with Crippen LogP contribution in [0.3, 0.4) is 0 Å². The second-order valence-electron chi connectivity index (χ2n) is 10.3. The molecule has 2 aliphatic rings. The van der Waals surface area contributed by atoms with Gasteiger partial charge >= 0.3 is 0 Å². The van der Waals surface area contributed by atoms with E-state index in [0.29, 0.717) is 21.0 Å². The number of hydrogen-bond donors (Lipinski definition) is 2. The molecular weight excluding hydrogens is 496 g/mol. The molecule has 2 aromatic carbocycles. The quantitative estimate of drug-likeness (QED) is 0.344. The summed E-state index contributed by atoms with van der Waals surface area (Å²) in [6, 6.07) is 20.5. The van der Waals surface area contributed by atoms with E-state index in [1.807, 2.05) is 48.7 Å². The highest BCUT2D eigenvalue weighted by Crippen LogP contribution is 2.30. The number of nitrogens with zero attached hydrogens (tertiary/aromatic N) is 4. The monoisotopic (exact) mass is 524 g/mol. The number of carbonyl (C=O) groups excluding carboxylic acids is 1. The van der Waals surface area contributed by atoms with Crippen LogP contribution in [0.25, 0.3) is 32.6 Å². The minimum absolute atomic E-state index is 0.114. The van der Waals surface area contributed by atoms with Crippen molar-refractivity contribution in [3.05, 3.63) is 82.1 Å². The van der Waals surface area contributed by atoms with Crippen molar-refractivity contribution in [1.82, 2.24) is 24.3 Å². The molecule has 1 unspecified atom stereocenters. The van der Waals surface area contributed by atoms with E-state index >= 15 is 0 Å². The van der Waals surface area contributed by atoms with Crippen LogP contribution in [0, 0.1) is 0 Å². The van der Waals surface area contributed by atoms with Crippen molar-refractivity contribution in [3.8, 4) is 11.4 Å². The fourth-order valence-electron chi connectivity index (χ4n) is 5.24. The van der Waals surface area contributed by atoms with Crippen molar-refractivity contribution < 1.29 is 4.79 Å². The van der Waals surface area contributed by atoms with Crippen LogP contribution in [0.1, 0.15) is 28.9 Å². The van der Waals surface area contributed by atoms with Gasteiger partial charge in [-0.25, -0.2) is 4.98 Å². The van der Waals surface area contributed by atoms with Gasteiger partial charge in [0.15, 0.2) is 5.82 Å². The zero-order valence-corrected chi connectivity index (χ0v) is 21.9. The van der Waals surface area contributed by atoms with Crippen molar-refractivity contribution >= 4 is 44.3 Å². The molecule has 0 bridgehead atoms. The number of thiophene rings is 1. The minimum atomic E-state index is -0.205. The van der Waals surface area contributed by atoms with Gasteiger partial charge in [0.25, 0.3) is 11.5 Å². The lowest BCUT2D eigenvalue weighted by Gasteiger charge is -2.12. The van der Waals surface area contributed by atoms with Gasteiger partial charge in [-0.05, 0) is 69.3 Å². The lowest BCUT2D eigenvalue weighted by Crippen LogP contribution is -2.36. The summed E-state index contributed by atoms with van der Waals surface area (Å²) in [5, 5.41) is 7.55. The lowest BCUT2D eigenvalue weighted by molar-refractivity contribution is 0.0942. The van der Waals surface area contributed by atoms with Crippen molar-refractivity contribution in [2.45, 2.75) is 31.3 Å². The Morgan fingerprint density at radius 2 is 1.82 bits per heavy atom. The SMILES string of the molecule is CN1CCC(NC(=O)c2cc3c(nc(NC4CC4)c(=O)n3-c3ccc4ccn(-c5ccccc5)c4c3)s2)C1. The summed E-state index contributed by atoms with van der Waals surface area (Å²) in [5.74, 6) is 0.224. The Morgan fingerprint density at radius 3 is 2.58 bits per heavy atom. The molecule has 2 fully saturated rings. The van der Waals surface area contributed by atoms with Crippen LogP contribution in [0.4, 0.5) is 5.82 Å². The largest absolute Gasteiger partial charge is 0.363 e. The van der Waals surface area contributed by atoms with Gasteiger partial charge in [0.1, 0.15) is 4.83 Å². The maximum absolute atomic E-state index is 13.8. The third-order valence-electron chi connectivity index (χ3n) is 7.39. The summed E-state index contributed by atoms with van der Waals surface area (Å²) in [4.78, 5) is 35.1. The predicted octanol–water partition coefficient (Wildman–Crippen LogP) is 4.40. The maximum atomic E-state index is 13.8. The number of likely N-dealkylation sites (tertiary alicyclic amines) is 1. The summed E-state index contributed by atoms with van der Waals surface area (Å²) >= 11 is 1.33. The number of anilines is 1. The van der Waals surface area contributed by atoms with E-state index in [-0.39, 0.29) is 23.6 Å². The molecule has 1 aliphatic carbocycles. The summed E-state index contributed by atoms with van der Waals surface area (Å²) in [6.45, 7) is 1.82. The van der Waals surface area contributed by atoms with Crippen LogP contribution in [-0.4, -0.2) is 57.1 Å². The summed E-state index contributed by atoms with van der Waals surface area (Å²) < 4.78 is 3.82. The fourth-order valence-corrected chi connectivity index (χ4v) is 6.16. The van der Waals surface area contributed by atoms with Crippen molar-refractivity contribution in [3.63, 3.8) is 0 Å². The first-order valence-corrected chi connectivity index (χ1v) is 13.8. The van der Waals surface area contributed by atoms with Crippen molar-refractivity contribution in [2.75, 3.05) is 25.5 Å². The number of carbonyl (C=O) groups is 1. The highest BCUT2D eigenvalue weighted by atomic mass is 32.1. The Labute approximate surface area is 223 Å². The molecule has 5 aromatic rings. The van der Waals surface area contributed by atoms with Gasteiger partial charge in [-0.15, -0.1) is 11.3 Å². The van der Waals surface area contributed by atoms with Crippen LogP contribution < -0.4 is 16.2 Å². The molecule has 1 atom stereocenters. The van der Waals surface area contributed by atoms with Gasteiger partial charge in [0.2, 0.25) is 0 Å². The number of likely N-dealkylation sites (N-methyl/N-ethyl adjacent to an activating group) is 1. The Kier molecular flexibility index (Phi) is 5.56. The summed E-state index contributed by atoms with van der Waals surface area (Å²) in [5.41, 5.74) is 3.23. The number of fused-ring (bicyclic) bond motifs is 2. The minimum Gasteiger partial charge on any atom is -0.363 e. The van der Waals surface area contributed by atoms with Crippen molar-refractivity contribution in [2.24, 2.45) is 0 Å². The Hall–Kier alpha value is -3.95. The van der Waals surface area contributed by atoms with Crippen molar-refractivity contribution in [1.29, 1.82) is 0 Å². The lowest BCUT2D eigenvalue weighted by atomic mass is 10.2. The predicted molar refractivity (Wildman–Crippen MR) is 152 cm³/mol. The number of hydrogen-bond acceptors (Lipinski definition) is 6. The number of para-hydroxylation sites is 1. The fraction of sp³-hybridized carbons (Fsp3) is 0.276. The van der Waals surface area contributed by atoms with Gasteiger partial charge in [-0.1, -0.05) is 24.3 Å². The first-order valence-electron chi connectivity index (χ1n) is 13.0. The topological polar surface area (TPSA) is 84.2 Å². The number of nitrogens with one attached hydrogen (secondary N) is 2. The van der Waals surface area contributed by atoms with E-state index in [2.05, 4.69) is 50.3 Å². The zero-order chi connectivity index (χ0) is 25.8. The standard InChI is InChI=1S/C29H28N6O2S/c1-33-13-12-20(17-33)31-27(36)25-16-24-28(38-25)32-26(30-19-8-9-19)29(37)35(24)22-10-7-18-11-14-34(23(18)15-22)21-5-3-2-4-6-21/h2-7,10-11,14-16,19-20H,8-9,12-13,17H2,1H3,(H,30,32)(H,31,36). The van der Waals surface area contributed by atoms with Gasteiger partial charge in [-0.2, -0.15) is 0 Å². The molecule has 7 rings (SSSR count). The van der Waals surface area contributed by atoms with Gasteiger partial charge in [0, 0.05) is 35.9 Å². The average Bonchev–Trinajstić information content (AvgIpc) is 3.28. The highest BCUT2D eigenvalue weighted by molar-refractivity contribution is 7.20. The number of amides is 1. The van der Waals surface area contributed by atoms with E-state index in [0.717, 1.165) is 54.6 Å². The highest BCUT2D eigenvalue weighted by Gasteiger charge is 2.26. The molecule has 0 radical (unpaired) electrons. The molecule has 4 heterocycles. The van der Waals surface area contributed by atoms with Crippen LogP contribution in [0.5, 0.6) is 0 Å². The second kappa shape index (κ2) is 9.11. The number of rotatable bonds is 6. The Bertz CT molecular complexity index is 1730. The van der Waals surface area contributed by atoms with E-state index in [1.54, 1.807) is 4.57 Å². The van der Waals surface area contributed by atoms with Gasteiger partial charge < -0.3 is 20.1 Å². The number of aromatic nitrogens is 3. The third kappa shape index (κ3) is 4.17. The molecule has 1 saturated heterocycles.